The quantitative estimate of drug-likeness (QED) is 0.561. The van der Waals surface area contributed by atoms with Crippen molar-refractivity contribution in [3.63, 3.8) is 0 Å². The van der Waals surface area contributed by atoms with Crippen molar-refractivity contribution in [1.82, 2.24) is 0 Å². The van der Waals surface area contributed by atoms with Crippen LogP contribution < -0.4 is 0 Å². The van der Waals surface area contributed by atoms with E-state index in [4.69, 9.17) is 11.6 Å². The lowest BCUT2D eigenvalue weighted by atomic mass is 9.83. The molecule has 0 bridgehead atoms. The molecule has 0 aromatic heterocycles. The Labute approximate surface area is 75.3 Å². The van der Waals surface area contributed by atoms with Gasteiger partial charge in [-0.1, -0.05) is 27.7 Å². The molecular weight excluding hydrogens is 156 g/mol. The molecule has 0 radical (unpaired) electrons. The topological polar surface area (TPSA) is 0 Å². The summed E-state index contributed by atoms with van der Waals surface area (Å²) < 4.78 is 0. The van der Waals surface area contributed by atoms with Gasteiger partial charge in [-0.2, -0.15) is 0 Å². The summed E-state index contributed by atoms with van der Waals surface area (Å²) in [5, 5.41) is 0. The molecule has 2 atom stereocenters. The van der Waals surface area contributed by atoms with Crippen LogP contribution in [0.1, 0.15) is 40.5 Å². The smallest absolute Gasteiger partial charge is 0.0257 e. The molecule has 0 amide bonds. The van der Waals surface area contributed by atoms with Crippen LogP contribution in [0, 0.1) is 16.7 Å². The highest BCUT2D eigenvalue weighted by Crippen LogP contribution is 2.58. The third-order valence-corrected chi connectivity index (χ3v) is 3.03. The summed E-state index contributed by atoms with van der Waals surface area (Å²) >= 11 is 5.81. The first kappa shape index (κ1) is 9.38. The van der Waals surface area contributed by atoms with E-state index in [-0.39, 0.29) is 0 Å². The molecule has 1 heteroatoms. The number of rotatable bonds is 2. The monoisotopic (exact) mass is 174 g/mol. The minimum absolute atomic E-state index is 0.468. The Morgan fingerprint density at radius 3 is 2.27 bits per heavy atom. The summed E-state index contributed by atoms with van der Waals surface area (Å²) in [6.45, 7) is 9.29. The van der Waals surface area contributed by atoms with E-state index in [0.29, 0.717) is 10.8 Å². The molecule has 0 N–H and O–H groups in total. The Kier molecular flexibility index (Phi) is 2.26. The Bertz CT molecular complexity index is 145. The molecule has 1 aliphatic carbocycles. The van der Waals surface area contributed by atoms with Crippen LogP contribution >= 0.6 is 11.6 Å². The second-order valence-corrected chi connectivity index (χ2v) is 5.76. The van der Waals surface area contributed by atoms with E-state index in [1.54, 1.807) is 0 Å². The van der Waals surface area contributed by atoms with E-state index in [0.717, 1.165) is 11.8 Å². The van der Waals surface area contributed by atoms with Crippen LogP contribution in [0.2, 0.25) is 0 Å². The second kappa shape index (κ2) is 2.65. The van der Waals surface area contributed by atoms with Crippen molar-refractivity contribution in [1.29, 1.82) is 0 Å². The molecule has 1 saturated carbocycles. The van der Waals surface area contributed by atoms with Gasteiger partial charge in [0.15, 0.2) is 0 Å². The zero-order chi connectivity index (χ0) is 8.70. The standard InChI is InChI=1S/C10H19Cl/c1-9(2,3)7-10(4)5-8(10)6-11/h8H,5-7H2,1-4H3. The van der Waals surface area contributed by atoms with E-state index in [2.05, 4.69) is 27.7 Å². The molecule has 0 saturated heterocycles. The van der Waals surface area contributed by atoms with E-state index in [1.807, 2.05) is 0 Å². The van der Waals surface area contributed by atoms with Crippen LogP contribution in [0.15, 0.2) is 0 Å². The molecule has 0 nitrogen and oxygen atoms in total. The molecule has 2 unspecified atom stereocenters. The van der Waals surface area contributed by atoms with Crippen molar-refractivity contribution >= 4 is 11.6 Å². The highest BCUT2D eigenvalue weighted by molar-refractivity contribution is 6.18. The van der Waals surface area contributed by atoms with Gasteiger partial charge in [0.2, 0.25) is 0 Å². The number of alkyl halides is 1. The maximum absolute atomic E-state index is 5.81. The third kappa shape index (κ3) is 2.37. The van der Waals surface area contributed by atoms with Crippen molar-refractivity contribution in [2.75, 3.05) is 5.88 Å². The van der Waals surface area contributed by atoms with Gasteiger partial charge in [0.05, 0.1) is 0 Å². The largest absolute Gasteiger partial charge is 0.126 e. The normalized spacial score (nSPS) is 37.4. The van der Waals surface area contributed by atoms with Gasteiger partial charge in [0.1, 0.15) is 0 Å². The summed E-state index contributed by atoms with van der Waals surface area (Å²) in [5.74, 6) is 1.65. The Morgan fingerprint density at radius 1 is 1.45 bits per heavy atom. The highest BCUT2D eigenvalue weighted by Gasteiger charge is 2.50. The van der Waals surface area contributed by atoms with Crippen LogP contribution in [0.5, 0.6) is 0 Å². The summed E-state index contributed by atoms with van der Waals surface area (Å²) in [7, 11) is 0. The maximum Gasteiger partial charge on any atom is 0.0257 e. The van der Waals surface area contributed by atoms with Gasteiger partial charge < -0.3 is 0 Å². The molecule has 0 aromatic rings. The van der Waals surface area contributed by atoms with Gasteiger partial charge in [0.25, 0.3) is 0 Å². The lowest BCUT2D eigenvalue weighted by Gasteiger charge is -2.23. The first-order chi connectivity index (χ1) is 4.87. The number of halogens is 1. The van der Waals surface area contributed by atoms with E-state index in [9.17, 15) is 0 Å². The van der Waals surface area contributed by atoms with Gasteiger partial charge in [0, 0.05) is 5.88 Å². The predicted molar refractivity (Wildman–Crippen MR) is 51.0 cm³/mol. The van der Waals surface area contributed by atoms with Crippen LogP contribution in [-0.2, 0) is 0 Å². The average Bonchev–Trinajstić information content (AvgIpc) is 2.36. The van der Waals surface area contributed by atoms with Crippen molar-refractivity contribution in [2.45, 2.75) is 40.5 Å². The molecule has 1 aliphatic rings. The van der Waals surface area contributed by atoms with Crippen LogP contribution in [0.3, 0.4) is 0 Å². The molecule has 11 heavy (non-hydrogen) atoms. The SMILES string of the molecule is CC(C)(C)CC1(C)CC1CCl. The zero-order valence-corrected chi connectivity index (χ0v) is 8.83. The maximum atomic E-state index is 5.81. The van der Waals surface area contributed by atoms with Crippen molar-refractivity contribution in [2.24, 2.45) is 16.7 Å². The lowest BCUT2D eigenvalue weighted by molar-refractivity contribution is 0.280. The molecule has 0 heterocycles. The second-order valence-electron chi connectivity index (χ2n) is 5.45. The molecule has 0 spiro atoms. The molecular formula is C10H19Cl. The van der Waals surface area contributed by atoms with Crippen molar-refractivity contribution in [3.05, 3.63) is 0 Å². The van der Waals surface area contributed by atoms with Crippen molar-refractivity contribution in [3.8, 4) is 0 Å². The minimum Gasteiger partial charge on any atom is -0.126 e. The fraction of sp³-hybridized carbons (Fsp3) is 1.00. The minimum atomic E-state index is 0.468. The molecule has 0 aromatic carbocycles. The van der Waals surface area contributed by atoms with E-state index >= 15 is 0 Å². The van der Waals surface area contributed by atoms with Crippen molar-refractivity contribution < 1.29 is 0 Å². The first-order valence-electron chi connectivity index (χ1n) is 4.43. The van der Waals surface area contributed by atoms with Crippen LogP contribution in [0.25, 0.3) is 0 Å². The first-order valence-corrected chi connectivity index (χ1v) is 4.97. The fourth-order valence-corrected chi connectivity index (χ4v) is 2.65. The van der Waals surface area contributed by atoms with Gasteiger partial charge in [-0.3, -0.25) is 0 Å². The third-order valence-electron chi connectivity index (χ3n) is 2.66. The number of hydrogen-bond donors (Lipinski definition) is 0. The number of hydrogen-bond acceptors (Lipinski definition) is 0. The summed E-state index contributed by atoms with van der Waals surface area (Å²) in [4.78, 5) is 0. The van der Waals surface area contributed by atoms with Gasteiger partial charge in [-0.15, -0.1) is 11.6 Å². The van der Waals surface area contributed by atoms with Crippen LogP contribution in [-0.4, -0.2) is 5.88 Å². The van der Waals surface area contributed by atoms with Gasteiger partial charge >= 0.3 is 0 Å². The Balaban J connectivity index is 2.40. The van der Waals surface area contributed by atoms with Crippen LogP contribution in [0.4, 0.5) is 0 Å². The average molecular weight is 175 g/mol. The predicted octanol–water partition coefficient (Wildman–Crippen LogP) is 3.69. The highest BCUT2D eigenvalue weighted by atomic mass is 35.5. The van der Waals surface area contributed by atoms with Gasteiger partial charge in [-0.05, 0) is 29.6 Å². The van der Waals surface area contributed by atoms with E-state index in [1.165, 1.54) is 12.8 Å². The molecule has 1 rings (SSSR count). The summed E-state index contributed by atoms with van der Waals surface area (Å²) in [6.07, 6.45) is 2.66. The van der Waals surface area contributed by atoms with E-state index < -0.39 is 0 Å². The Morgan fingerprint density at radius 2 is 2.00 bits per heavy atom. The zero-order valence-electron chi connectivity index (χ0n) is 8.08. The lowest BCUT2D eigenvalue weighted by Crippen LogP contribution is -2.13. The fourth-order valence-electron chi connectivity index (χ4n) is 2.17. The molecule has 1 fully saturated rings. The summed E-state index contributed by atoms with van der Waals surface area (Å²) in [6, 6.07) is 0. The van der Waals surface area contributed by atoms with Gasteiger partial charge in [-0.25, -0.2) is 0 Å². The molecule has 66 valence electrons. The summed E-state index contributed by atoms with van der Waals surface area (Å²) in [5.41, 5.74) is 1.04. The molecule has 0 aliphatic heterocycles. The Hall–Kier alpha value is 0.290.